The fraction of sp³-hybridized carbons (Fsp3) is 0.333. The van der Waals surface area contributed by atoms with Gasteiger partial charge in [0.25, 0.3) is 5.91 Å². The number of ether oxygens (including phenoxy) is 1. The van der Waals surface area contributed by atoms with Gasteiger partial charge in [-0.25, -0.2) is 9.18 Å². The molecule has 1 aromatic carbocycles. The van der Waals surface area contributed by atoms with Crippen molar-refractivity contribution in [3.8, 4) is 5.75 Å². The molecule has 0 saturated heterocycles. The normalized spacial score (nSPS) is 10.0. The molecule has 1 rings (SSSR count). The molecule has 19 heavy (non-hydrogen) atoms. The number of urea groups is 1. The maximum absolute atomic E-state index is 13.3. The highest BCUT2D eigenvalue weighted by Crippen LogP contribution is 2.16. The molecule has 0 spiro atoms. The van der Waals surface area contributed by atoms with Gasteiger partial charge in [0.15, 0.2) is 6.61 Å². The lowest BCUT2D eigenvalue weighted by molar-refractivity contribution is -0.121. The predicted molar refractivity (Wildman–Crippen MR) is 67.0 cm³/mol. The first-order valence-corrected chi connectivity index (χ1v) is 5.73. The van der Waals surface area contributed by atoms with Crippen molar-refractivity contribution in [1.29, 1.82) is 0 Å². The third-order valence-corrected chi connectivity index (χ3v) is 2.14. The lowest BCUT2D eigenvalue weighted by Gasteiger charge is -2.08. The van der Waals surface area contributed by atoms with Crippen molar-refractivity contribution >= 4 is 11.9 Å². The Balaban J connectivity index is 2.60. The number of hydrogen-bond acceptors (Lipinski definition) is 4. The second-order valence-electron chi connectivity index (χ2n) is 3.78. The monoisotopic (exact) mass is 269 g/mol. The van der Waals surface area contributed by atoms with Gasteiger partial charge in [0.05, 0.1) is 0 Å². The van der Waals surface area contributed by atoms with Gasteiger partial charge in [0.1, 0.15) is 11.6 Å². The van der Waals surface area contributed by atoms with Gasteiger partial charge in [-0.2, -0.15) is 0 Å². The highest BCUT2D eigenvalue weighted by Gasteiger charge is 2.07. The topological polar surface area (TPSA) is 93.4 Å². The molecular formula is C12H16FN3O3. The molecule has 0 unspecified atom stereocenters. The van der Waals surface area contributed by atoms with E-state index in [9.17, 15) is 14.0 Å². The summed E-state index contributed by atoms with van der Waals surface area (Å²) in [6, 6.07) is 3.19. The molecular weight excluding hydrogens is 253 g/mol. The van der Waals surface area contributed by atoms with E-state index in [2.05, 4.69) is 5.32 Å². The van der Waals surface area contributed by atoms with Gasteiger partial charge >= 0.3 is 6.03 Å². The Morgan fingerprint density at radius 2 is 2.11 bits per heavy atom. The first kappa shape index (κ1) is 14.9. The van der Waals surface area contributed by atoms with Crippen LogP contribution in [0.25, 0.3) is 0 Å². The molecule has 0 atom stereocenters. The van der Waals surface area contributed by atoms with Crippen molar-refractivity contribution in [2.24, 2.45) is 5.73 Å². The zero-order valence-corrected chi connectivity index (χ0v) is 10.5. The Labute approximate surface area is 110 Å². The van der Waals surface area contributed by atoms with E-state index in [1.54, 1.807) is 6.07 Å². The van der Waals surface area contributed by atoms with Crippen LogP contribution in [-0.4, -0.2) is 25.1 Å². The number of primary amides is 1. The van der Waals surface area contributed by atoms with E-state index in [0.29, 0.717) is 12.1 Å². The minimum atomic E-state index is -0.958. The van der Waals surface area contributed by atoms with E-state index in [0.717, 1.165) is 12.6 Å². The molecule has 104 valence electrons. The number of rotatable bonds is 6. The van der Waals surface area contributed by atoms with E-state index in [1.165, 1.54) is 6.07 Å². The average molecular weight is 269 g/mol. The molecule has 0 aliphatic carbocycles. The van der Waals surface area contributed by atoms with Crippen molar-refractivity contribution < 1.29 is 18.7 Å². The van der Waals surface area contributed by atoms with Crippen LogP contribution in [0.5, 0.6) is 5.75 Å². The Morgan fingerprint density at radius 1 is 1.37 bits per heavy atom. The van der Waals surface area contributed by atoms with Gasteiger partial charge in [0.2, 0.25) is 0 Å². The van der Waals surface area contributed by atoms with Crippen LogP contribution in [-0.2, 0) is 11.3 Å². The summed E-state index contributed by atoms with van der Waals surface area (Å²) in [5.41, 5.74) is 5.47. The molecule has 0 aliphatic rings. The largest absolute Gasteiger partial charge is 0.484 e. The number of carbonyl (C=O) groups is 2. The molecule has 6 nitrogen and oxygen atoms in total. The van der Waals surface area contributed by atoms with Crippen molar-refractivity contribution in [2.45, 2.75) is 13.5 Å². The number of nitrogens with two attached hydrogens (primary N) is 1. The van der Waals surface area contributed by atoms with Gasteiger partial charge < -0.3 is 15.8 Å². The number of hydrogen-bond donors (Lipinski definition) is 3. The zero-order chi connectivity index (χ0) is 14.3. The van der Waals surface area contributed by atoms with Crippen molar-refractivity contribution in [1.82, 2.24) is 10.6 Å². The van der Waals surface area contributed by atoms with Crippen molar-refractivity contribution in [2.75, 3.05) is 13.2 Å². The van der Waals surface area contributed by atoms with E-state index in [4.69, 9.17) is 10.5 Å². The lowest BCUT2D eigenvalue weighted by atomic mass is 10.2. The minimum Gasteiger partial charge on any atom is -0.484 e. The minimum absolute atomic E-state index is 0.215. The molecule has 0 bridgehead atoms. The predicted octanol–water partition coefficient (Wildman–Crippen LogP) is 0.509. The number of benzene rings is 1. The molecule has 4 N–H and O–H groups in total. The first-order valence-electron chi connectivity index (χ1n) is 5.73. The molecule has 0 fully saturated rings. The number of halogens is 1. The standard InChI is InChI=1S/C12H16FN3O3/c1-2-15-6-8-3-9(13)5-10(4-8)19-7-11(17)16-12(14)18/h3-5,15H,2,6-7H2,1H3,(H3,14,16,17,18). The van der Waals surface area contributed by atoms with Crippen LogP contribution >= 0.6 is 0 Å². The van der Waals surface area contributed by atoms with Crippen LogP contribution in [0.2, 0.25) is 0 Å². The third-order valence-electron chi connectivity index (χ3n) is 2.14. The lowest BCUT2D eigenvalue weighted by Crippen LogP contribution is -2.38. The fourth-order valence-electron chi connectivity index (χ4n) is 1.40. The Morgan fingerprint density at radius 3 is 2.74 bits per heavy atom. The van der Waals surface area contributed by atoms with E-state index in [1.807, 2.05) is 12.2 Å². The van der Waals surface area contributed by atoms with Crippen LogP contribution in [0.1, 0.15) is 12.5 Å². The molecule has 7 heteroatoms. The molecule has 0 radical (unpaired) electrons. The van der Waals surface area contributed by atoms with E-state index >= 15 is 0 Å². The maximum atomic E-state index is 13.3. The quantitative estimate of drug-likeness (QED) is 0.701. The fourth-order valence-corrected chi connectivity index (χ4v) is 1.40. The number of nitrogens with one attached hydrogen (secondary N) is 2. The zero-order valence-electron chi connectivity index (χ0n) is 10.5. The van der Waals surface area contributed by atoms with Crippen LogP contribution in [0.4, 0.5) is 9.18 Å². The molecule has 0 aliphatic heterocycles. The van der Waals surface area contributed by atoms with Gasteiger partial charge in [-0.15, -0.1) is 0 Å². The summed E-state index contributed by atoms with van der Waals surface area (Å²) in [6.45, 7) is 2.78. The maximum Gasteiger partial charge on any atom is 0.318 e. The third kappa shape index (κ3) is 5.82. The van der Waals surface area contributed by atoms with Crippen LogP contribution in [0.15, 0.2) is 18.2 Å². The SMILES string of the molecule is CCNCc1cc(F)cc(OCC(=O)NC(N)=O)c1. The first-order chi connectivity index (χ1) is 9.01. The summed E-state index contributed by atoms with van der Waals surface area (Å²) in [5.74, 6) is -0.932. The Kier molecular flexibility index (Phi) is 5.74. The van der Waals surface area contributed by atoms with E-state index < -0.39 is 24.4 Å². The van der Waals surface area contributed by atoms with Gasteiger partial charge in [-0.3, -0.25) is 10.1 Å². The number of amides is 3. The summed E-state index contributed by atoms with van der Waals surface area (Å²) >= 11 is 0. The second-order valence-corrected chi connectivity index (χ2v) is 3.78. The Bertz CT molecular complexity index is 466. The highest BCUT2D eigenvalue weighted by molar-refractivity contribution is 5.94. The summed E-state index contributed by atoms with van der Waals surface area (Å²) in [5, 5.41) is 4.89. The van der Waals surface area contributed by atoms with Crippen LogP contribution < -0.4 is 21.1 Å². The summed E-state index contributed by atoms with van der Waals surface area (Å²) in [6.07, 6.45) is 0. The molecule has 3 amide bonds. The number of imide groups is 1. The molecule has 0 saturated carbocycles. The smallest absolute Gasteiger partial charge is 0.318 e. The summed E-state index contributed by atoms with van der Waals surface area (Å²) < 4.78 is 18.4. The molecule has 1 aromatic rings. The number of carbonyl (C=O) groups excluding carboxylic acids is 2. The van der Waals surface area contributed by atoms with Gasteiger partial charge in [0, 0.05) is 12.6 Å². The van der Waals surface area contributed by atoms with Crippen molar-refractivity contribution in [3.05, 3.63) is 29.6 Å². The second kappa shape index (κ2) is 7.32. The van der Waals surface area contributed by atoms with Crippen molar-refractivity contribution in [3.63, 3.8) is 0 Å². The highest BCUT2D eigenvalue weighted by atomic mass is 19.1. The van der Waals surface area contributed by atoms with Crippen LogP contribution in [0, 0.1) is 5.82 Å². The Hall–Kier alpha value is -2.15. The van der Waals surface area contributed by atoms with E-state index in [-0.39, 0.29) is 5.75 Å². The van der Waals surface area contributed by atoms with Crippen LogP contribution in [0.3, 0.4) is 0 Å². The van der Waals surface area contributed by atoms with Gasteiger partial charge in [-0.1, -0.05) is 6.92 Å². The molecule has 0 aromatic heterocycles. The molecule has 0 heterocycles. The summed E-state index contributed by atoms with van der Waals surface area (Å²) in [4.78, 5) is 21.5. The van der Waals surface area contributed by atoms with Gasteiger partial charge in [-0.05, 0) is 24.2 Å². The summed E-state index contributed by atoms with van der Waals surface area (Å²) in [7, 11) is 0. The average Bonchev–Trinajstić information content (AvgIpc) is 2.32.